The molecular formula is C17H19NO2S. The monoisotopic (exact) mass is 301 g/mol. The van der Waals surface area contributed by atoms with Crippen LogP contribution in [-0.4, -0.2) is 12.6 Å². The van der Waals surface area contributed by atoms with E-state index in [4.69, 9.17) is 10.5 Å². The molecule has 110 valence electrons. The zero-order valence-corrected chi connectivity index (χ0v) is 13.3. The second-order valence-electron chi connectivity index (χ2n) is 4.85. The maximum Gasteiger partial charge on any atom is 0.339 e. The van der Waals surface area contributed by atoms with Gasteiger partial charge in [0, 0.05) is 15.5 Å². The van der Waals surface area contributed by atoms with Crippen molar-refractivity contribution in [3.63, 3.8) is 0 Å². The van der Waals surface area contributed by atoms with E-state index in [0.717, 1.165) is 9.79 Å². The summed E-state index contributed by atoms with van der Waals surface area (Å²) in [6.45, 7) is 6.27. The lowest BCUT2D eigenvalue weighted by atomic mass is 10.2. The van der Waals surface area contributed by atoms with E-state index in [1.807, 2.05) is 6.07 Å². The minimum absolute atomic E-state index is 0.336. The fraction of sp³-hybridized carbons (Fsp3) is 0.235. The van der Waals surface area contributed by atoms with E-state index in [0.29, 0.717) is 17.9 Å². The van der Waals surface area contributed by atoms with Crippen molar-refractivity contribution >= 4 is 23.4 Å². The van der Waals surface area contributed by atoms with Gasteiger partial charge in [-0.15, -0.1) is 0 Å². The Morgan fingerprint density at radius 3 is 2.52 bits per heavy atom. The summed E-state index contributed by atoms with van der Waals surface area (Å²) in [4.78, 5) is 14.0. The van der Waals surface area contributed by atoms with Crippen LogP contribution in [0.2, 0.25) is 0 Å². The third-order valence-corrected chi connectivity index (χ3v) is 4.30. The van der Waals surface area contributed by atoms with Gasteiger partial charge in [-0.1, -0.05) is 29.5 Å². The van der Waals surface area contributed by atoms with Gasteiger partial charge in [0.15, 0.2) is 0 Å². The Hall–Kier alpha value is -1.94. The molecule has 0 unspecified atom stereocenters. The molecule has 0 aliphatic rings. The van der Waals surface area contributed by atoms with Gasteiger partial charge >= 0.3 is 5.97 Å². The lowest BCUT2D eigenvalue weighted by Gasteiger charge is -2.11. The SMILES string of the molecule is CCOC(=O)c1cc(N)ccc1Sc1ccc(C)cc1C. The van der Waals surface area contributed by atoms with E-state index in [1.54, 1.807) is 30.8 Å². The van der Waals surface area contributed by atoms with E-state index in [2.05, 4.69) is 32.0 Å². The zero-order chi connectivity index (χ0) is 15.4. The first-order valence-electron chi connectivity index (χ1n) is 6.83. The molecule has 0 spiro atoms. The number of benzene rings is 2. The summed E-state index contributed by atoms with van der Waals surface area (Å²) in [6, 6.07) is 11.6. The van der Waals surface area contributed by atoms with Crippen molar-refractivity contribution in [1.82, 2.24) is 0 Å². The van der Waals surface area contributed by atoms with E-state index < -0.39 is 0 Å². The molecule has 0 atom stereocenters. The number of ether oxygens (including phenoxy) is 1. The molecule has 0 aliphatic carbocycles. The summed E-state index contributed by atoms with van der Waals surface area (Å²) in [6.07, 6.45) is 0. The first-order chi connectivity index (χ1) is 10.0. The number of nitrogen functional groups attached to an aromatic ring is 1. The molecule has 0 heterocycles. The molecule has 4 heteroatoms. The van der Waals surface area contributed by atoms with Gasteiger partial charge in [0.1, 0.15) is 0 Å². The highest BCUT2D eigenvalue weighted by Crippen LogP contribution is 2.34. The molecule has 0 radical (unpaired) electrons. The number of hydrogen-bond donors (Lipinski definition) is 1. The number of esters is 1. The number of carbonyl (C=O) groups is 1. The topological polar surface area (TPSA) is 52.3 Å². The molecule has 2 aromatic rings. The molecule has 0 aliphatic heterocycles. The average Bonchev–Trinajstić information content (AvgIpc) is 2.43. The average molecular weight is 301 g/mol. The Labute approximate surface area is 129 Å². The van der Waals surface area contributed by atoms with Crippen molar-refractivity contribution in [1.29, 1.82) is 0 Å². The van der Waals surface area contributed by atoms with E-state index in [-0.39, 0.29) is 5.97 Å². The van der Waals surface area contributed by atoms with Crippen molar-refractivity contribution < 1.29 is 9.53 Å². The molecule has 0 amide bonds. The smallest absolute Gasteiger partial charge is 0.339 e. The molecule has 3 nitrogen and oxygen atoms in total. The summed E-state index contributed by atoms with van der Waals surface area (Å²) < 4.78 is 5.10. The second-order valence-corrected chi connectivity index (χ2v) is 5.93. The molecule has 2 rings (SSSR count). The van der Waals surface area contributed by atoms with Crippen LogP contribution in [0.3, 0.4) is 0 Å². The van der Waals surface area contributed by atoms with Crippen LogP contribution in [0.25, 0.3) is 0 Å². The van der Waals surface area contributed by atoms with Crippen LogP contribution in [0, 0.1) is 13.8 Å². The van der Waals surface area contributed by atoms with Gasteiger partial charge < -0.3 is 10.5 Å². The van der Waals surface area contributed by atoms with Crippen molar-refractivity contribution in [2.24, 2.45) is 0 Å². The predicted octanol–water partition coefficient (Wildman–Crippen LogP) is 4.21. The number of anilines is 1. The number of nitrogens with two attached hydrogens (primary N) is 1. The van der Waals surface area contributed by atoms with Crippen LogP contribution in [0.5, 0.6) is 0 Å². The fourth-order valence-corrected chi connectivity index (χ4v) is 3.02. The number of rotatable bonds is 4. The largest absolute Gasteiger partial charge is 0.462 e. The Bertz CT molecular complexity index is 668. The Kier molecular flexibility index (Phi) is 4.91. The molecule has 21 heavy (non-hydrogen) atoms. The number of aryl methyl sites for hydroxylation is 2. The highest BCUT2D eigenvalue weighted by atomic mass is 32.2. The van der Waals surface area contributed by atoms with Crippen LogP contribution >= 0.6 is 11.8 Å². The first kappa shape index (κ1) is 15.4. The lowest BCUT2D eigenvalue weighted by Crippen LogP contribution is -2.07. The highest BCUT2D eigenvalue weighted by molar-refractivity contribution is 7.99. The van der Waals surface area contributed by atoms with Gasteiger partial charge in [-0.2, -0.15) is 0 Å². The fourth-order valence-electron chi connectivity index (χ4n) is 2.04. The summed E-state index contributed by atoms with van der Waals surface area (Å²) in [5.41, 5.74) is 9.27. The third kappa shape index (κ3) is 3.79. The predicted molar refractivity (Wildman–Crippen MR) is 86.8 cm³/mol. The van der Waals surface area contributed by atoms with Crippen molar-refractivity contribution in [2.75, 3.05) is 12.3 Å². The number of hydrogen-bond acceptors (Lipinski definition) is 4. The summed E-state index contributed by atoms with van der Waals surface area (Å²) in [7, 11) is 0. The van der Waals surface area contributed by atoms with Gasteiger partial charge in [-0.25, -0.2) is 4.79 Å². The maximum atomic E-state index is 12.1. The molecule has 0 saturated heterocycles. The molecule has 0 aromatic heterocycles. The zero-order valence-electron chi connectivity index (χ0n) is 12.5. The lowest BCUT2D eigenvalue weighted by molar-refractivity contribution is 0.0522. The van der Waals surface area contributed by atoms with Crippen LogP contribution in [0.1, 0.15) is 28.4 Å². The standard InChI is InChI=1S/C17H19NO2S/c1-4-20-17(19)14-10-13(18)6-8-16(14)21-15-7-5-11(2)9-12(15)3/h5-10H,4,18H2,1-3H3. The Balaban J connectivity index is 2.37. The second kappa shape index (κ2) is 6.68. The van der Waals surface area contributed by atoms with Crippen LogP contribution in [-0.2, 0) is 4.74 Å². The molecule has 2 N–H and O–H groups in total. The Morgan fingerprint density at radius 2 is 1.86 bits per heavy atom. The highest BCUT2D eigenvalue weighted by Gasteiger charge is 2.14. The van der Waals surface area contributed by atoms with E-state index in [1.165, 1.54) is 11.1 Å². The Morgan fingerprint density at radius 1 is 1.14 bits per heavy atom. The van der Waals surface area contributed by atoms with Gasteiger partial charge in [0.2, 0.25) is 0 Å². The van der Waals surface area contributed by atoms with Crippen LogP contribution in [0.15, 0.2) is 46.2 Å². The molecule has 2 aromatic carbocycles. The van der Waals surface area contributed by atoms with Crippen LogP contribution < -0.4 is 5.73 Å². The van der Waals surface area contributed by atoms with Gasteiger partial charge in [0.05, 0.1) is 12.2 Å². The normalized spacial score (nSPS) is 10.4. The van der Waals surface area contributed by atoms with Crippen LogP contribution in [0.4, 0.5) is 5.69 Å². The number of carbonyl (C=O) groups excluding carboxylic acids is 1. The summed E-state index contributed by atoms with van der Waals surface area (Å²) in [5.74, 6) is -0.336. The summed E-state index contributed by atoms with van der Waals surface area (Å²) >= 11 is 1.56. The van der Waals surface area contributed by atoms with Gasteiger partial charge in [-0.3, -0.25) is 0 Å². The van der Waals surface area contributed by atoms with E-state index in [9.17, 15) is 4.79 Å². The molecule has 0 bridgehead atoms. The third-order valence-electron chi connectivity index (χ3n) is 3.05. The molecular weight excluding hydrogens is 282 g/mol. The minimum atomic E-state index is -0.336. The maximum absolute atomic E-state index is 12.1. The van der Waals surface area contributed by atoms with Crippen molar-refractivity contribution in [3.05, 3.63) is 53.1 Å². The van der Waals surface area contributed by atoms with Crippen molar-refractivity contribution in [2.45, 2.75) is 30.6 Å². The minimum Gasteiger partial charge on any atom is -0.462 e. The quantitative estimate of drug-likeness (QED) is 0.679. The van der Waals surface area contributed by atoms with Gasteiger partial charge in [0.25, 0.3) is 0 Å². The first-order valence-corrected chi connectivity index (χ1v) is 7.64. The van der Waals surface area contributed by atoms with E-state index >= 15 is 0 Å². The van der Waals surface area contributed by atoms with Gasteiger partial charge in [-0.05, 0) is 50.6 Å². The molecule has 0 fully saturated rings. The van der Waals surface area contributed by atoms with Crippen molar-refractivity contribution in [3.8, 4) is 0 Å². The molecule has 0 saturated carbocycles. The summed E-state index contributed by atoms with van der Waals surface area (Å²) in [5, 5.41) is 0.